The Morgan fingerprint density at radius 1 is 1.28 bits per heavy atom. The van der Waals surface area contributed by atoms with Crippen LogP contribution in [0.2, 0.25) is 0 Å². The lowest BCUT2D eigenvalue weighted by Gasteiger charge is -2.20. The average Bonchev–Trinajstić information content (AvgIpc) is 2.25. The van der Waals surface area contributed by atoms with E-state index in [9.17, 15) is 0 Å². The Morgan fingerprint density at radius 3 is 2.61 bits per heavy atom. The molecule has 0 aliphatic rings. The number of hydrogen-bond acceptors (Lipinski definition) is 3. The Morgan fingerprint density at radius 2 is 2.00 bits per heavy atom. The highest BCUT2D eigenvalue weighted by atomic mass is 16.5. The number of ether oxygens (including phenoxy) is 1. The molecular weight excluding hydrogens is 224 g/mol. The fraction of sp³-hybridized carbons (Fsp3) is 0.400. The maximum absolute atomic E-state index is 6.12. The molecule has 1 aromatic carbocycles. The van der Waals surface area contributed by atoms with Crippen molar-refractivity contribution in [2.75, 3.05) is 7.11 Å². The molecule has 0 saturated heterocycles. The van der Waals surface area contributed by atoms with E-state index in [4.69, 9.17) is 10.5 Å². The molecule has 0 spiro atoms. The molecule has 3 heteroatoms. The number of fused-ring (bicyclic) bond motifs is 1. The van der Waals surface area contributed by atoms with Crippen LogP contribution in [-0.4, -0.2) is 17.6 Å². The highest BCUT2D eigenvalue weighted by molar-refractivity contribution is 5.83. The minimum atomic E-state index is -0.222. The Hall–Kier alpha value is -1.61. The van der Waals surface area contributed by atoms with Crippen LogP contribution in [0.5, 0.6) is 5.75 Å². The van der Waals surface area contributed by atoms with Crippen molar-refractivity contribution in [2.45, 2.75) is 32.7 Å². The summed E-state index contributed by atoms with van der Waals surface area (Å²) in [6.07, 6.45) is 0.833. The second kappa shape index (κ2) is 4.58. The average molecular weight is 244 g/mol. The maximum Gasteiger partial charge on any atom is 0.121 e. The van der Waals surface area contributed by atoms with E-state index in [-0.39, 0.29) is 5.54 Å². The normalized spacial score (nSPS) is 11.8. The predicted octanol–water partition coefficient (Wildman–Crippen LogP) is 2.83. The quantitative estimate of drug-likeness (QED) is 0.903. The highest BCUT2D eigenvalue weighted by Crippen LogP contribution is 2.25. The number of nitrogens with two attached hydrogens (primary N) is 1. The molecule has 1 heterocycles. The second-order valence-corrected chi connectivity index (χ2v) is 5.47. The molecule has 2 aromatic rings. The van der Waals surface area contributed by atoms with E-state index in [1.165, 1.54) is 5.56 Å². The number of aromatic nitrogens is 1. The zero-order valence-electron chi connectivity index (χ0n) is 11.4. The molecule has 0 bridgehead atoms. The van der Waals surface area contributed by atoms with E-state index in [0.717, 1.165) is 28.8 Å². The number of benzene rings is 1. The van der Waals surface area contributed by atoms with Crippen LogP contribution in [0.15, 0.2) is 24.3 Å². The SMILES string of the molecule is COc1ccc2c(CC(C)(C)N)cc(C)nc2c1. The first-order chi connectivity index (χ1) is 8.39. The molecule has 2 rings (SSSR count). The number of rotatable bonds is 3. The third-order valence-corrected chi connectivity index (χ3v) is 2.88. The molecule has 1 aromatic heterocycles. The largest absolute Gasteiger partial charge is 0.497 e. The standard InChI is InChI=1S/C15H20N2O/c1-10-7-11(9-15(2,3)16)13-6-5-12(18-4)8-14(13)17-10/h5-8H,9,16H2,1-4H3. The summed E-state index contributed by atoms with van der Waals surface area (Å²) in [5.41, 5.74) is 9.12. The van der Waals surface area contributed by atoms with Crippen LogP contribution in [0, 0.1) is 6.92 Å². The van der Waals surface area contributed by atoms with Gasteiger partial charge >= 0.3 is 0 Å². The number of hydrogen-bond donors (Lipinski definition) is 1. The minimum absolute atomic E-state index is 0.222. The molecule has 0 saturated carbocycles. The highest BCUT2D eigenvalue weighted by Gasteiger charge is 2.15. The van der Waals surface area contributed by atoms with Crippen LogP contribution in [0.4, 0.5) is 0 Å². The molecular formula is C15H20N2O. The van der Waals surface area contributed by atoms with Gasteiger partial charge in [-0.25, -0.2) is 0 Å². The monoisotopic (exact) mass is 244 g/mol. The number of methoxy groups -OCH3 is 1. The van der Waals surface area contributed by atoms with Crippen molar-refractivity contribution >= 4 is 10.9 Å². The lowest BCUT2D eigenvalue weighted by Crippen LogP contribution is -2.34. The van der Waals surface area contributed by atoms with Gasteiger partial charge in [-0.15, -0.1) is 0 Å². The molecule has 0 amide bonds. The molecule has 18 heavy (non-hydrogen) atoms. The summed E-state index contributed by atoms with van der Waals surface area (Å²) in [6, 6.07) is 8.10. The lowest BCUT2D eigenvalue weighted by atomic mass is 9.93. The minimum Gasteiger partial charge on any atom is -0.497 e. The number of pyridine rings is 1. The second-order valence-electron chi connectivity index (χ2n) is 5.47. The van der Waals surface area contributed by atoms with Crippen LogP contribution in [0.25, 0.3) is 10.9 Å². The van der Waals surface area contributed by atoms with Gasteiger partial charge in [-0.2, -0.15) is 0 Å². The zero-order valence-corrected chi connectivity index (χ0v) is 11.4. The van der Waals surface area contributed by atoms with Crippen LogP contribution >= 0.6 is 0 Å². The summed E-state index contributed by atoms with van der Waals surface area (Å²) in [5, 5.41) is 1.15. The van der Waals surface area contributed by atoms with Gasteiger partial charge in [0.25, 0.3) is 0 Å². The molecule has 0 aliphatic heterocycles. The van der Waals surface area contributed by atoms with Crippen molar-refractivity contribution in [1.82, 2.24) is 4.98 Å². The summed E-state index contributed by atoms with van der Waals surface area (Å²) < 4.78 is 5.24. The van der Waals surface area contributed by atoms with E-state index >= 15 is 0 Å². The molecule has 0 unspecified atom stereocenters. The van der Waals surface area contributed by atoms with Crippen molar-refractivity contribution < 1.29 is 4.74 Å². The van der Waals surface area contributed by atoms with Crippen LogP contribution in [0.3, 0.4) is 0 Å². The number of nitrogens with zero attached hydrogens (tertiary/aromatic N) is 1. The first-order valence-electron chi connectivity index (χ1n) is 6.12. The van der Waals surface area contributed by atoms with E-state index in [0.29, 0.717) is 0 Å². The summed E-state index contributed by atoms with van der Waals surface area (Å²) >= 11 is 0. The molecule has 2 N–H and O–H groups in total. The van der Waals surface area contributed by atoms with Gasteiger partial charge in [0.05, 0.1) is 12.6 Å². The summed E-state index contributed by atoms with van der Waals surface area (Å²) in [4.78, 5) is 4.55. The van der Waals surface area contributed by atoms with Crippen molar-refractivity contribution in [2.24, 2.45) is 5.73 Å². The van der Waals surface area contributed by atoms with Crippen LogP contribution in [0.1, 0.15) is 25.1 Å². The molecule has 0 atom stereocenters. The fourth-order valence-electron chi connectivity index (χ4n) is 2.19. The van der Waals surface area contributed by atoms with Gasteiger partial charge in [0.1, 0.15) is 5.75 Å². The Labute approximate surface area is 108 Å². The van der Waals surface area contributed by atoms with E-state index in [2.05, 4.69) is 17.1 Å². The molecule has 0 fully saturated rings. The smallest absolute Gasteiger partial charge is 0.121 e. The van der Waals surface area contributed by atoms with Crippen LogP contribution in [-0.2, 0) is 6.42 Å². The van der Waals surface area contributed by atoms with Crippen molar-refractivity contribution in [1.29, 1.82) is 0 Å². The fourth-order valence-corrected chi connectivity index (χ4v) is 2.19. The van der Waals surface area contributed by atoms with Crippen LogP contribution < -0.4 is 10.5 Å². The molecule has 0 radical (unpaired) electrons. The molecule has 3 nitrogen and oxygen atoms in total. The third kappa shape index (κ3) is 2.79. The van der Waals surface area contributed by atoms with Crippen molar-refractivity contribution in [3.8, 4) is 5.75 Å². The predicted molar refractivity (Wildman–Crippen MR) is 75.0 cm³/mol. The molecule has 96 valence electrons. The zero-order chi connectivity index (χ0) is 13.3. The van der Waals surface area contributed by atoms with Gasteiger partial charge in [-0.05, 0) is 51.0 Å². The van der Waals surface area contributed by atoms with Gasteiger partial charge in [0, 0.05) is 22.7 Å². The van der Waals surface area contributed by atoms with Gasteiger partial charge < -0.3 is 10.5 Å². The van der Waals surface area contributed by atoms with Crippen molar-refractivity contribution in [3.05, 3.63) is 35.5 Å². The first-order valence-corrected chi connectivity index (χ1v) is 6.12. The Bertz CT molecular complexity index is 570. The van der Waals surface area contributed by atoms with Gasteiger partial charge in [0.15, 0.2) is 0 Å². The van der Waals surface area contributed by atoms with Crippen molar-refractivity contribution in [3.63, 3.8) is 0 Å². The van der Waals surface area contributed by atoms with E-state index < -0.39 is 0 Å². The topological polar surface area (TPSA) is 48.1 Å². The van der Waals surface area contributed by atoms with E-state index in [1.807, 2.05) is 32.9 Å². The summed E-state index contributed by atoms with van der Waals surface area (Å²) in [6.45, 7) is 6.09. The first kappa shape index (κ1) is 12.8. The Kier molecular flexibility index (Phi) is 3.26. The summed E-state index contributed by atoms with van der Waals surface area (Å²) in [7, 11) is 1.67. The maximum atomic E-state index is 6.12. The van der Waals surface area contributed by atoms with E-state index in [1.54, 1.807) is 7.11 Å². The Balaban J connectivity index is 2.59. The lowest BCUT2D eigenvalue weighted by molar-refractivity contribution is 0.415. The van der Waals surface area contributed by atoms with Gasteiger partial charge in [-0.1, -0.05) is 0 Å². The van der Waals surface area contributed by atoms with Gasteiger partial charge in [-0.3, -0.25) is 4.98 Å². The molecule has 0 aliphatic carbocycles. The third-order valence-electron chi connectivity index (χ3n) is 2.88. The van der Waals surface area contributed by atoms with Gasteiger partial charge in [0.2, 0.25) is 0 Å². The number of aryl methyl sites for hydroxylation is 1. The summed E-state index contributed by atoms with van der Waals surface area (Å²) in [5.74, 6) is 0.832.